The lowest BCUT2D eigenvalue weighted by Gasteiger charge is -2.06. The number of methoxy groups -OCH3 is 1. The lowest BCUT2D eigenvalue weighted by molar-refractivity contribution is 0.413. The molecule has 0 aliphatic rings. The number of halogens is 1. The van der Waals surface area contributed by atoms with Gasteiger partial charge in [0.1, 0.15) is 17.3 Å². The highest BCUT2D eigenvalue weighted by molar-refractivity contribution is 6.30. The van der Waals surface area contributed by atoms with Crippen LogP contribution in [-0.4, -0.2) is 7.11 Å². The number of nitrogens with two attached hydrogens (primary N) is 1. The molecule has 90 valence electrons. The van der Waals surface area contributed by atoms with E-state index in [1.165, 1.54) is 0 Å². The molecule has 1 aromatic heterocycles. The van der Waals surface area contributed by atoms with Gasteiger partial charge in [0, 0.05) is 5.02 Å². The molecule has 0 aliphatic heterocycles. The van der Waals surface area contributed by atoms with Crippen molar-refractivity contribution < 1.29 is 9.15 Å². The molecule has 1 heterocycles. The van der Waals surface area contributed by atoms with Gasteiger partial charge in [0.15, 0.2) is 0 Å². The summed E-state index contributed by atoms with van der Waals surface area (Å²) >= 11 is 5.97. The van der Waals surface area contributed by atoms with Crippen LogP contribution >= 0.6 is 11.6 Å². The Bertz CT molecular complexity index is 520. The first-order chi connectivity index (χ1) is 8.11. The van der Waals surface area contributed by atoms with Gasteiger partial charge in [-0.1, -0.05) is 11.6 Å². The lowest BCUT2D eigenvalue weighted by Crippen LogP contribution is -2.02. The highest BCUT2D eigenvalue weighted by Crippen LogP contribution is 2.34. The molecular formula is C13H14ClNO2. The van der Waals surface area contributed by atoms with Crippen LogP contribution in [0.1, 0.15) is 18.7 Å². The molecule has 0 fully saturated rings. The van der Waals surface area contributed by atoms with Gasteiger partial charge >= 0.3 is 0 Å². The van der Waals surface area contributed by atoms with Crippen LogP contribution in [0.2, 0.25) is 5.02 Å². The Morgan fingerprint density at radius 1 is 1.29 bits per heavy atom. The van der Waals surface area contributed by atoms with E-state index in [9.17, 15) is 0 Å². The highest BCUT2D eigenvalue weighted by atomic mass is 35.5. The average Bonchev–Trinajstić information content (AvgIpc) is 2.78. The molecule has 1 aromatic carbocycles. The van der Waals surface area contributed by atoms with Gasteiger partial charge in [-0.05, 0) is 37.3 Å². The van der Waals surface area contributed by atoms with Crippen LogP contribution in [0, 0.1) is 0 Å². The van der Waals surface area contributed by atoms with Crippen molar-refractivity contribution in [2.75, 3.05) is 7.11 Å². The largest absolute Gasteiger partial charge is 0.496 e. The first kappa shape index (κ1) is 12.0. The minimum atomic E-state index is -0.131. The quantitative estimate of drug-likeness (QED) is 0.906. The number of hydrogen-bond acceptors (Lipinski definition) is 3. The summed E-state index contributed by atoms with van der Waals surface area (Å²) in [6.07, 6.45) is 0. The van der Waals surface area contributed by atoms with Gasteiger partial charge in [0.05, 0.1) is 18.7 Å². The topological polar surface area (TPSA) is 48.4 Å². The molecular weight excluding hydrogens is 238 g/mol. The van der Waals surface area contributed by atoms with E-state index in [1.807, 2.05) is 31.2 Å². The van der Waals surface area contributed by atoms with Gasteiger partial charge in [-0.3, -0.25) is 0 Å². The summed E-state index contributed by atoms with van der Waals surface area (Å²) in [5.41, 5.74) is 6.58. The van der Waals surface area contributed by atoms with E-state index >= 15 is 0 Å². The fourth-order valence-electron chi connectivity index (χ4n) is 1.62. The van der Waals surface area contributed by atoms with E-state index in [0.29, 0.717) is 10.8 Å². The van der Waals surface area contributed by atoms with Crippen LogP contribution in [0.15, 0.2) is 34.7 Å². The van der Waals surface area contributed by atoms with Crippen molar-refractivity contribution in [1.29, 1.82) is 0 Å². The van der Waals surface area contributed by atoms with Crippen molar-refractivity contribution in [3.05, 3.63) is 41.1 Å². The molecule has 3 nitrogen and oxygen atoms in total. The van der Waals surface area contributed by atoms with Gasteiger partial charge in [-0.15, -0.1) is 0 Å². The second-order valence-electron chi connectivity index (χ2n) is 3.84. The van der Waals surface area contributed by atoms with Gasteiger partial charge in [-0.2, -0.15) is 0 Å². The Hall–Kier alpha value is -1.45. The second-order valence-corrected chi connectivity index (χ2v) is 4.27. The van der Waals surface area contributed by atoms with Crippen LogP contribution in [-0.2, 0) is 0 Å². The minimum Gasteiger partial charge on any atom is -0.496 e. The minimum absolute atomic E-state index is 0.131. The molecule has 2 N–H and O–H groups in total. The summed E-state index contributed by atoms with van der Waals surface area (Å²) in [7, 11) is 1.61. The predicted octanol–water partition coefficient (Wildman–Crippen LogP) is 3.63. The molecule has 1 unspecified atom stereocenters. The van der Waals surface area contributed by atoms with Crippen molar-refractivity contribution in [2.45, 2.75) is 13.0 Å². The first-order valence-electron chi connectivity index (χ1n) is 5.31. The smallest absolute Gasteiger partial charge is 0.138 e. The molecule has 1 atom stereocenters. The van der Waals surface area contributed by atoms with Crippen molar-refractivity contribution in [2.24, 2.45) is 5.73 Å². The molecule has 0 bridgehead atoms. The third-order valence-corrected chi connectivity index (χ3v) is 2.74. The normalized spacial score (nSPS) is 12.5. The van der Waals surface area contributed by atoms with Gasteiger partial charge < -0.3 is 14.9 Å². The maximum atomic E-state index is 5.97. The zero-order valence-corrected chi connectivity index (χ0v) is 10.5. The zero-order chi connectivity index (χ0) is 12.4. The van der Waals surface area contributed by atoms with E-state index in [4.69, 9.17) is 26.5 Å². The third-order valence-electron chi connectivity index (χ3n) is 2.50. The zero-order valence-electron chi connectivity index (χ0n) is 9.74. The Balaban J connectivity index is 2.47. The molecule has 0 radical (unpaired) electrons. The van der Waals surface area contributed by atoms with Crippen LogP contribution < -0.4 is 10.5 Å². The summed E-state index contributed by atoms with van der Waals surface area (Å²) in [6, 6.07) is 9.00. The molecule has 0 spiro atoms. The number of hydrogen-bond donors (Lipinski definition) is 1. The molecule has 0 aliphatic carbocycles. The molecule has 2 rings (SSSR count). The van der Waals surface area contributed by atoms with Crippen molar-refractivity contribution in [1.82, 2.24) is 0 Å². The molecule has 2 aromatic rings. The second kappa shape index (κ2) is 4.82. The average molecular weight is 252 g/mol. The Morgan fingerprint density at radius 3 is 2.65 bits per heavy atom. The number of ether oxygens (including phenoxy) is 1. The monoisotopic (exact) mass is 251 g/mol. The Morgan fingerprint density at radius 2 is 2.06 bits per heavy atom. The molecule has 0 saturated carbocycles. The van der Waals surface area contributed by atoms with Crippen molar-refractivity contribution in [3.63, 3.8) is 0 Å². The summed E-state index contributed by atoms with van der Waals surface area (Å²) < 4.78 is 10.9. The van der Waals surface area contributed by atoms with Gasteiger partial charge in [0.25, 0.3) is 0 Å². The van der Waals surface area contributed by atoms with E-state index < -0.39 is 0 Å². The standard InChI is InChI=1S/C13H14ClNO2/c1-8(15)11-5-6-13(17-11)10-7-9(14)3-4-12(10)16-2/h3-8H,15H2,1-2H3. The first-order valence-corrected chi connectivity index (χ1v) is 5.69. The maximum Gasteiger partial charge on any atom is 0.138 e. The van der Waals surface area contributed by atoms with Gasteiger partial charge in [-0.25, -0.2) is 0 Å². The van der Waals surface area contributed by atoms with E-state index in [2.05, 4.69) is 0 Å². The SMILES string of the molecule is COc1ccc(Cl)cc1-c1ccc(C(C)N)o1. The summed E-state index contributed by atoms with van der Waals surface area (Å²) in [5, 5.41) is 0.638. The number of benzene rings is 1. The fraction of sp³-hybridized carbons (Fsp3) is 0.231. The molecule has 4 heteroatoms. The fourth-order valence-corrected chi connectivity index (χ4v) is 1.79. The lowest BCUT2D eigenvalue weighted by atomic mass is 10.1. The summed E-state index contributed by atoms with van der Waals surface area (Å²) in [5.74, 6) is 2.17. The van der Waals surface area contributed by atoms with E-state index in [1.54, 1.807) is 13.2 Å². The van der Waals surface area contributed by atoms with Crippen molar-refractivity contribution in [3.8, 4) is 17.1 Å². The number of furan rings is 1. The maximum absolute atomic E-state index is 5.97. The Labute approximate surface area is 105 Å². The van der Waals surface area contributed by atoms with Gasteiger partial charge in [0.2, 0.25) is 0 Å². The Kier molecular flexibility index (Phi) is 3.41. The molecule has 17 heavy (non-hydrogen) atoms. The molecule has 0 saturated heterocycles. The summed E-state index contributed by atoms with van der Waals surface area (Å²) in [4.78, 5) is 0. The predicted molar refractivity (Wildman–Crippen MR) is 68.3 cm³/mol. The van der Waals surface area contributed by atoms with E-state index in [-0.39, 0.29) is 6.04 Å². The number of rotatable bonds is 3. The van der Waals surface area contributed by atoms with Crippen LogP contribution in [0.5, 0.6) is 5.75 Å². The third kappa shape index (κ3) is 2.46. The molecule has 0 amide bonds. The van der Waals surface area contributed by atoms with Crippen LogP contribution in [0.3, 0.4) is 0 Å². The van der Waals surface area contributed by atoms with Crippen LogP contribution in [0.25, 0.3) is 11.3 Å². The van der Waals surface area contributed by atoms with E-state index in [0.717, 1.165) is 17.1 Å². The highest BCUT2D eigenvalue weighted by Gasteiger charge is 2.12. The van der Waals surface area contributed by atoms with Crippen LogP contribution in [0.4, 0.5) is 0 Å². The summed E-state index contributed by atoms with van der Waals surface area (Å²) in [6.45, 7) is 1.87. The van der Waals surface area contributed by atoms with Crippen molar-refractivity contribution >= 4 is 11.6 Å².